The van der Waals surface area contributed by atoms with Crippen LogP contribution in [0, 0.1) is 11.8 Å². The molecule has 2 amide bonds. The zero-order chi connectivity index (χ0) is 28.0. The zero-order valence-electron chi connectivity index (χ0n) is 23.0. The maximum atomic E-state index is 14.3. The molecule has 3 fully saturated rings. The first-order chi connectivity index (χ1) is 18.9. The number of fused-ring (bicyclic) bond motifs is 1. The van der Waals surface area contributed by atoms with E-state index in [1.54, 1.807) is 11.0 Å². The number of carbonyl (C=O) groups excluding carboxylic acids is 3. The molecule has 1 N–H and O–H groups in total. The van der Waals surface area contributed by atoms with Crippen molar-refractivity contribution in [2.45, 2.75) is 75.7 Å². The van der Waals surface area contributed by atoms with E-state index >= 15 is 0 Å². The van der Waals surface area contributed by atoms with Crippen molar-refractivity contribution in [3.05, 3.63) is 61.2 Å². The van der Waals surface area contributed by atoms with Crippen LogP contribution in [-0.4, -0.2) is 76.7 Å². The fraction of sp³-hybridized carbons (Fsp3) is 0.581. The fourth-order valence-corrected chi connectivity index (χ4v) is 6.63. The minimum atomic E-state index is -1.14. The first-order valence-corrected chi connectivity index (χ1v) is 14.3. The van der Waals surface area contributed by atoms with Gasteiger partial charge in [-0.25, -0.2) is 0 Å². The third-order valence-corrected chi connectivity index (χ3v) is 8.43. The molecule has 3 aliphatic rings. The van der Waals surface area contributed by atoms with E-state index in [4.69, 9.17) is 9.47 Å². The first-order valence-electron chi connectivity index (χ1n) is 14.3. The Hall–Kier alpha value is -2.97. The van der Waals surface area contributed by atoms with Crippen LogP contribution in [0.1, 0.15) is 63.5 Å². The van der Waals surface area contributed by atoms with Crippen LogP contribution in [0.3, 0.4) is 0 Å². The van der Waals surface area contributed by atoms with Crippen LogP contribution in [0.4, 0.5) is 0 Å². The van der Waals surface area contributed by atoms with Gasteiger partial charge in [0.25, 0.3) is 0 Å². The van der Waals surface area contributed by atoms with Gasteiger partial charge in [0.15, 0.2) is 0 Å². The molecule has 3 heterocycles. The largest absolute Gasteiger partial charge is 0.465 e. The first kappa shape index (κ1) is 29.0. The lowest BCUT2D eigenvalue weighted by atomic mass is 9.70. The molecule has 6 atom stereocenters. The summed E-state index contributed by atoms with van der Waals surface area (Å²) in [4.78, 5) is 45.2. The van der Waals surface area contributed by atoms with Crippen LogP contribution in [0.15, 0.2) is 55.6 Å². The van der Waals surface area contributed by atoms with Crippen molar-refractivity contribution in [3.8, 4) is 0 Å². The Bertz CT molecular complexity index is 1040. The van der Waals surface area contributed by atoms with E-state index in [1.807, 2.05) is 36.4 Å². The molecule has 1 aromatic rings. The molecule has 8 heteroatoms. The number of hydrogen-bond donors (Lipinski definition) is 1. The number of ether oxygens (including phenoxy) is 2. The number of aliphatic hydroxyl groups excluding tert-OH is 1. The molecule has 1 aromatic carbocycles. The normalized spacial score (nSPS) is 27.7. The van der Waals surface area contributed by atoms with E-state index in [9.17, 15) is 19.5 Å². The highest BCUT2D eigenvalue weighted by atomic mass is 16.6. The monoisotopic (exact) mass is 538 g/mol. The maximum absolute atomic E-state index is 14.3. The van der Waals surface area contributed by atoms with Crippen LogP contribution in [0.25, 0.3) is 0 Å². The summed E-state index contributed by atoms with van der Waals surface area (Å²) in [6, 6.07) is 7.52. The predicted octanol–water partition coefficient (Wildman–Crippen LogP) is 3.81. The lowest BCUT2D eigenvalue weighted by molar-refractivity contribution is -0.156. The standard InChI is InChI=1S/C31H42N2O6/c1-4-7-9-13-20-38-30(37)25-24-16-17-31(39-24)26(25)28(35)33(23(21-34)22-14-11-10-12-15-22)27(31)29(36)32(18-6-3)19-8-5-2/h4,6,10-12,14-15,23-27,34H,1,3,5,7-9,13,16-21H2,2H3/t23-,24+,25-,26+,27?,31?/m1/s1. The number of amides is 2. The quantitative estimate of drug-likeness (QED) is 0.207. The number of esters is 1. The summed E-state index contributed by atoms with van der Waals surface area (Å²) in [6.45, 7) is 10.4. The van der Waals surface area contributed by atoms with Crippen molar-refractivity contribution in [2.24, 2.45) is 11.8 Å². The molecule has 3 saturated heterocycles. The summed E-state index contributed by atoms with van der Waals surface area (Å²) >= 11 is 0. The summed E-state index contributed by atoms with van der Waals surface area (Å²) in [5, 5.41) is 10.6. The van der Waals surface area contributed by atoms with Gasteiger partial charge >= 0.3 is 5.97 Å². The van der Waals surface area contributed by atoms with Gasteiger partial charge in [-0.2, -0.15) is 0 Å². The van der Waals surface area contributed by atoms with Crippen molar-refractivity contribution >= 4 is 17.8 Å². The molecule has 4 rings (SSSR count). The van der Waals surface area contributed by atoms with E-state index in [1.165, 1.54) is 4.90 Å². The molecule has 1 spiro atoms. The predicted molar refractivity (Wildman–Crippen MR) is 147 cm³/mol. The molecule has 0 saturated carbocycles. The van der Waals surface area contributed by atoms with Gasteiger partial charge in [-0.1, -0.05) is 55.8 Å². The smallest absolute Gasteiger partial charge is 0.312 e. The number of allylic oxidation sites excluding steroid dienone is 1. The Morgan fingerprint density at radius 3 is 2.67 bits per heavy atom. The lowest BCUT2D eigenvalue weighted by Gasteiger charge is -2.39. The maximum Gasteiger partial charge on any atom is 0.312 e. The topological polar surface area (TPSA) is 96.4 Å². The van der Waals surface area contributed by atoms with Gasteiger partial charge in [0, 0.05) is 13.1 Å². The Morgan fingerprint density at radius 1 is 1.23 bits per heavy atom. The number of carbonyl (C=O) groups is 3. The molecule has 0 aromatic heterocycles. The number of aliphatic hydroxyl groups is 1. The van der Waals surface area contributed by atoms with Crippen molar-refractivity contribution < 1.29 is 29.0 Å². The van der Waals surface area contributed by atoms with Crippen LogP contribution in [0.5, 0.6) is 0 Å². The SMILES string of the molecule is C=CCCCCOC(=O)[C@@H]1[C@@H]2CCC3(O2)C(C(=O)N(CC=C)CCCC)N([C@H](CO)c2ccccc2)C(=O)[C@H]13. The second-order valence-electron chi connectivity index (χ2n) is 10.8. The van der Waals surface area contributed by atoms with Gasteiger partial charge in [0.1, 0.15) is 11.6 Å². The van der Waals surface area contributed by atoms with E-state index in [0.29, 0.717) is 32.4 Å². The molecule has 212 valence electrons. The van der Waals surface area contributed by atoms with Gasteiger partial charge in [0.05, 0.1) is 37.2 Å². The van der Waals surface area contributed by atoms with Gasteiger partial charge in [-0.05, 0) is 44.1 Å². The molecule has 0 aliphatic carbocycles. The van der Waals surface area contributed by atoms with Crippen LogP contribution in [0.2, 0.25) is 0 Å². The summed E-state index contributed by atoms with van der Waals surface area (Å²) in [6.07, 6.45) is 8.25. The van der Waals surface area contributed by atoms with Crippen molar-refractivity contribution in [1.29, 1.82) is 0 Å². The zero-order valence-corrected chi connectivity index (χ0v) is 23.0. The molecule has 0 radical (unpaired) electrons. The van der Waals surface area contributed by atoms with Crippen molar-refractivity contribution in [2.75, 3.05) is 26.3 Å². The molecular formula is C31H42N2O6. The third-order valence-electron chi connectivity index (χ3n) is 8.43. The molecule has 39 heavy (non-hydrogen) atoms. The number of rotatable bonds is 15. The molecular weight excluding hydrogens is 496 g/mol. The van der Waals surface area contributed by atoms with Crippen LogP contribution in [-0.2, 0) is 23.9 Å². The van der Waals surface area contributed by atoms with E-state index in [-0.39, 0.29) is 25.0 Å². The number of benzene rings is 1. The lowest BCUT2D eigenvalue weighted by Crippen LogP contribution is -2.57. The molecule has 3 aliphatic heterocycles. The molecule has 8 nitrogen and oxygen atoms in total. The average molecular weight is 539 g/mol. The Kier molecular flexibility index (Phi) is 9.62. The number of nitrogens with zero attached hydrogens (tertiary/aromatic N) is 2. The van der Waals surface area contributed by atoms with E-state index in [0.717, 1.165) is 31.2 Å². The Labute approximate surface area is 231 Å². The van der Waals surface area contributed by atoms with Crippen molar-refractivity contribution in [1.82, 2.24) is 9.80 Å². The Morgan fingerprint density at radius 2 is 2.00 bits per heavy atom. The summed E-state index contributed by atoms with van der Waals surface area (Å²) < 4.78 is 12.2. The van der Waals surface area contributed by atoms with Gasteiger partial charge in [-0.15, -0.1) is 13.2 Å². The highest BCUT2D eigenvalue weighted by molar-refractivity contribution is 5.98. The van der Waals surface area contributed by atoms with Crippen LogP contribution < -0.4 is 0 Å². The second kappa shape index (κ2) is 12.9. The molecule has 2 unspecified atom stereocenters. The fourth-order valence-electron chi connectivity index (χ4n) is 6.63. The summed E-state index contributed by atoms with van der Waals surface area (Å²) in [5.41, 5.74) is -0.415. The van der Waals surface area contributed by atoms with Gasteiger partial charge in [0.2, 0.25) is 11.8 Å². The average Bonchev–Trinajstić information content (AvgIpc) is 3.59. The number of hydrogen-bond acceptors (Lipinski definition) is 6. The van der Waals surface area contributed by atoms with Crippen LogP contribution >= 0.6 is 0 Å². The summed E-state index contributed by atoms with van der Waals surface area (Å²) in [5.74, 6) is -2.61. The summed E-state index contributed by atoms with van der Waals surface area (Å²) in [7, 11) is 0. The van der Waals surface area contributed by atoms with E-state index < -0.39 is 41.6 Å². The third kappa shape index (κ3) is 5.41. The highest BCUT2D eigenvalue weighted by Crippen LogP contribution is 2.60. The van der Waals surface area contributed by atoms with Gasteiger partial charge < -0.3 is 24.4 Å². The molecule has 2 bridgehead atoms. The van der Waals surface area contributed by atoms with Gasteiger partial charge in [-0.3, -0.25) is 14.4 Å². The second-order valence-corrected chi connectivity index (χ2v) is 10.8. The Balaban J connectivity index is 1.71. The van der Waals surface area contributed by atoms with E-state index in [2.05, 4.69) is 20.1 Å². The number of likely N-dealkylation sites (tertiary alicyclic amines) is 1. The number of unbranched alkanes of at least 4 members (excludes halogenated alkanes) is 3. The van der Waals surface area contributed by atoms with Crippen molar-refractivity contribution in [3.63, 3.8) is 0 Å². The minimum Gasteiger partial charge on any atom is -0.465 e. The highest BCUT2D eigenvalue weighted by Gasteiger charge is 2.75. The minimum absolute atomic E-state index is 0.229.